The second-order valence-corrected chi connectivity index (χ2v) is 6.04. The molecule has 1 saturated carbocycles. The molecule has 1 unspecified atom stereocenters. The zero-order chi connectivity index (χ0) is 12.4. The van der Waals surface area contributed by atoms with Gasteiger partial charge < -0.3 is 5.32 Å². The number of nitrogens with zero attached hydrogens (tertiary/aromatic N) is 1. The molecule has 18 heavy (non-hydrogen) atoms. The van der Waals surface area contributed by atoms with E-state index in [4.69, 9.17) is 0 Å². The molecule has 1 aromatic heterocycles. The van der Waals surface area contributed by atoms with E-state index in [0.717, 1.165) is 10.9 Å². The highest BCUT2D eigenvalue weighted by atomic mass is 32.1. The first-order valence-electron chi connectivity index (χ1n) is 6.58. The van der Waals surface area contributed by atoms with E-state index in [9.17, 15) is 0 Å². The molecule has 1 aliphatic rings. The predicted octanol–water partition coefficient (Wildman–Crippen LogP) is 4.41. The standard InChI is InChI=1S/C15H18N2S/c1-11(9-12-5-6-12)17-14-4-2-3-13(10-14)15-16-7-8-18-15/h2-4,7-8,10-12,17H,5-6,9H2,1H3. The zero-order valence-electron chi connectivity index (χ0n) is 10.6. The topological polar surface area (TPSA) is 24.9 Å². The quantitative estimate of drug-likeness (QED) is 0.859. The van der Waals surface area contributed by atoms with Crippen molar-refractivity contribution in [3.8, 4) is 10.6 Å². The molecule has 0 spiro atoms. The maximum atomic E-state index is 4.36. The number of nitrogens with one attached hydrogen (secondary N) is 1. The molecule has 94 valence electrons. The fraction of sp³-hybridized carbons (Fsp3) is 0.400. The summed E-state index contributed by atoms with van der Waals surface area (Å²) in [5, 5.41) is 6.70. The third-order valence-electron chi connectivity index (χ3n) is 3.34. The van der Waals surface area contributed by atoms with E-state index in [2.05, 4.69) is 41.5 Å². The van der Waals surface area contributed by atoms with Crippen LogP contribution in [0.4, 0.5) is 5.69 Å². The Morgan fingerprint density at radius 3 is 3.06 bits per heavy atom. The van der Waals surface area contributed by atoms with Crippen molar-refractivity contribution in [1.29, 1.82) is 0 Å². The van der Waals surface area contributed by atoms with E-state index < -0.39 is 0 Å². The van der Waals surface area contributed by atoms with Crippen molar-refractivity contribution in [3.63, 3.8) is 0 Å². The lowest BCUT2D eigenvalue weighted by Gasteiger charge is -2.15. The summed E-state index contributed by atoms with van der Waals surface area (Å²) >= 11 is 1.69. The second-order valence-electron chi connectivity index (χ2n) is 5.14. The van der Waals surface area contributed by atoms with Crippen molar-refractivity contribution >= 4 is 17.0 Å². The van der Waals surface area contributed by atoms with Gasteiger partial charge in [-0.05, 0) is 31.4 Å². The molecule has 1 fully saturated rings. The number of hydrogen-bond acceptors (Lipinski definition) is 3. The molecule has 2 nitrogen and oxygen atoms in total. The first kappa shape index (κ1) is 11.7. The molecule has 2 aromatic rings. The smallest absolute Gasteiger partial charge is 0.123 e. The number of anilines is 1. The predicted molar refractivity (Wildman–Crippen MR) is 78.0 cm³/mol. The minimum absolute atomic E-state index is 0.559. The van der Waals surface area contributed by atoms with Crippen molar-refractivity contribution in [3.05, 3.63) is 35.8 Å². The molecule has 3 rings (SSSR count). The maximum absolute atomic E-state index is 4.36. The Morgan fingerprint density at radius 1 is 1.44 bits per heavy atom. The first-order valence-corrected chi connectivity index (χ1v) is 7.46. The highest BCUT2D eigenvalue weighted by Crippen LogP contribution is 2.34. The lowest BCUT2D eigenvalue weighted by molar-refractivity contribution is 0.642. The van der Waals surface area contributed by atoms with Gasteiger partial charge in [-0.15, -0.1) is 11.3 Å². The van der Waals surface area contributed by atoms with Crippen molar-refractivity contribution in [2.75, 3.05) is 5.32 Å². The van der Waals surface area contributed by atoms with Crippen LogP contribution >= 0.6 is 11.3 Å². The average molecular weight is 258 g/mol. The summed E-state index contributed by atoms with van der Waals surface area (Å²) in [4.78, 5) is 4.36. The van der Waals surface area contributed by atoms with Crippen LogP contribution in [0.25, 0.3) is 10.6 Å². The van der Waals surface area contributed by atoms with Gasteiger partial charge in [0.05, 0.1) is 0 Å². The summed E-state index contributed by atoms with van der Waals surface area (Å²) in [6, 6.07) is 9.12. The summed E-state index contributed by atoms with van der Waals surface area (Å²) < 4.78 is 0. The summed E-state index contributed by atoms with van der Waals surface area (Å²) in [5.41, 5.74) is 2.41. The first-order chi connectivity index (χ1) is 8.81. The van der Waals surface area contributed by atoms with Crippen LogP contribution in [0, 0.1) is 5.92 Å². The van der Waals surface area contributed by atoms with Gasteiger partial charge in [-0.2, -0.15) is 0 Å². The highest BCUT2D eigenvalue weighted by Gasteiger charge is 2.23. The molecule has 0 bridgehead atoms. The van der Waals surface area contributed by atoms with Gasteiger partial charge in [-0.1, -0.05) is 25.0 Å². The fourth-order valence-electron chi connectivity index (χ4n) is 2.31. The number of aromatic nitrogens is 1. The molecule has 1 atom stereocenters. The van der Waals surface area contributed by atoms with Gasteiger partial charge in [-0.25, -0.2) is 4.98 Å². The Balaban J connectivity index is 1.70. The number of benzene rings is 1. The SMILES string of the molecule is CC(CC1CC1)Nc1cccc(-c2nccs2)c1. The Bertz CT molecular complexity index is 503. The number of rotatable bonds is 5. The normalized spacial score (nSPS) is 16.5. The molecule has 0 radical (unpaired) electrons. The van der Waals surface area contributed by atoms with Crippen LogP contribution in [0.2, 0.25) is 0 Å². The largest absolute Gasteiger partial charge is 0.383 e. The minimum Gasteiger partial charge on any atom is -0.383 e. The van der Waals surface area contributed by atoms with E-state index >= 15 is 0 Å². The van der Waals surface area contributed by atoms with Crippen molar-refractivity contribution in [2.24, 2.45) is 5.92 Å². The molecule has 0 aliphatic heterocycles. The molecule has 0 amide bonds. The van der Waals surface area contributed by atoms with Gasteiger partial charge in [0.25, 0.3) is 0 Å². The van der Waals surface area contributed by atoms with Crippen LogP contribution in [0.15, 0.2) is 35.8 Å². The highest BCUT2D eigenvalue weighted by molar-refractivity contribution is 7.13. The lowest BCUT2D eigenvalue weighted by atomic mass is 10.1. The molecule has 3 heteroatoms. The molecular formula is C15H18N2S. The van der Waals surface area contributed by atoms with Crippen molar-refractivity contribution in [2.45, 2.75) is 32.2 Å². The fourth-order valence-corrected chi connectivity index (χ4v) is 2.94. The van der Waals surface area contributed by atoms with Gasteiger partial charge >= 0.3 is 0 Å². The Morgan fingerprint density at radius 2 is 2.33 bits per heavy atom. The molecular weight excluding hydrogens is 240 g/mol. The second kappa shape index (κ2) is 5.11. The van der Waals surface area contributed by atoms with Gasteiger partial charge in [0.15, 0.2) is 0 Å². The Hall–Kier alpha value is -1.35. The third kappa shape index (κ3) is 2.91. The van der Waals surface area contributed by atoms with Crippen molar-refractivity contribution < 1.29 is 0 Å². The van der Waals surface area contributed by atoms with Crippen LogP contribution < -0.4 is 5.32 Å². The maximum Gasteiger partial charge on any atom is 0.123 e. The van der Waals surface area contributed by atoms with Crippen molar-refractivity contribution in [1.82, 2.24) is 4.98 Å². The third-order valence-corrected chi connectivity index (χ3v) is 4.16. The number of thiazole rings is 1. The molecule has 1 N–H and O–H groups in total. The summed E-state index contributed by atoms with van der Waals surface area (Å²) in [6.07, 6.45) is 5.99. The summed E-state index contributed by atoms with van der Waals surface area (Å²) in [6.45, 7) is 2.27. The van der Waals surface area contributed by atoms with Crippen LogP contribution in [0.1, 0.15) is 26.2 Å². The van der Waals surface area contributed by atoms with Crippen LogP contribution in [0.5, 0.6) is 0 Å². The molecule has 1 aromatic carbocycles. The molecule has 0 saturated heterocycles. The van der Waals surface area contributed by atoms with Crippen LogP contribution in [0.3, 0.4) is 0 Å². The van der Waals surface area contributed by atoms with E-state index in [1.165, 1.54) is 30.5 Å². The van der Waals surface area contributed by atoms with E-state index in [1.807, 2.05) is 11.6 Å². The Kier molecular flexibility index (Phi) is 3.33. The van der Waals surface area contributed by atoms with Gasteiger partial charge in [-0.3, -0.25) is 0 Å². The van der Waals surface area contributed by atoms with Gasteiger partial charge in [0.2, 0.25) is 0 Å². The number of hydrogen-bond donors (Lipinski definition) is 1. The average Bonchev–Trinajstić information content (AvgIpc) is 3.00. The van der Waals surface area contributed by atoms with E-state index in [1.54, 1.807) is 11.3 Å². The van der Waals surface area contributed by atoms with E-state index in [0.29, 0.717) is 6.04 Å². The molecule has 1 aliphatic carbocycles. The Labute approximate surface area is 112 Å². The molecule has 1 heterocycles. The summed E-state index contributed by atoms with van der Waals surface area (Å²) in [5.74, 6) is 0.967. The van der Waals surface area contributed by atoms with Crippen LogP contribution in [-0.4, -0.2) is 11.0 Å². The van der Waals surface area contributed by atoms with Crippen LogP contribution in [-0.2, 0) is 0 Å². The minimum atomic E-state index is 0.559. The summed E-state index contributed by atoms with van der Waals surface area (Å²) in [7, 11) is 0. The van der Waals surface area contributed by atoms with Gasteiger partial charge in [0.1, 0.15) is 5.01 Å². The monoisotopic (exact) mass is 258 g/mol. The van der Waals surface area contributed by atoms with Gasteiger partial charge in [0, 0.05) is 28.9 Å². The zero-order valence-corrected chi connectivity index (χ0v) is 11.4. The lowest BCUT2D eigenvalue weighted by Crippen LogP contribution is -2.15. The van der Waals surface area contributed by atoms with E-state index in [-0.39, 0.29) is 0 Å².